The summed E-state index contributed by atoms with van der Waals surface area (Å²) in [6, 6.07) is 18.0. The highest BCUT2D eigenvalue weighted by molar-refractivity contribution is 6.04. The first-order valence-corrected chi connectivity index (χ1v) is 19.7. The summed E-state index contributed by atoms with van der Waals surface area (Å²) in [4.78, 5) is 70.2. The first-order chi connectivity index (χ1) is 27.2. The number of aromatic nitrogens is 3. The summed E-state index contributed by atoms with van der Waals surface area (Å²) in [6.45, 7) is 12.6. The molecule has 4 amide bonds. The number of ether oxygens (including phenoxy) is 1. The number of hydrogen-bond acceptors (Lipinski definition) is 9. The molecule has 57 heavy (non-hydrogen) atoms. The molecule has 1 saturated carbocycles. The number of carbonyl (C=O) groups is 4. The molecule has 14 nitrogen and oxygen atoms in total. The van der Waals surface area contributed by atoms with Crippen molar-refractivity contribution in [1.29, 1.82) is 0 Å². The molecule has 2 aromatic carbocycles. The van der Waals surface area contributed by atoms with Gasteiger partial charge in [-0.1, -0.05) is 64.1 Å². The van der Waals surface area contributed by atoms with E-state index in [-0.39, 0.29) is 53.1 Å². The van der Waals surface area contributed by atoms with Crippen LogP contribution in [0.25, 0.3) is 22.4 Å². The lowest BCUT2D eigenvalue weighted by Crippen LogP contribution is -2.54. The van der Waals surface area contributed by atoms with Crippen molar-refractivity contribution in [2.75, 3.05) is 43.5 Å². The van der Waals surface area contributed by atoms with Gasteiger partial charge in [0.15, 0.2) is 0 Å². The predicted molar refractivity (Wildman–Crippen MR) is 218 cm³/mol. The number of H-pyrrole nitrogens is 1. The van der Waals surface area contributed by atoms with Gasteiger partial charge in [0.25, 0.3) is 5.91 Å². The summed E-state index contributed by atoms with van der Waals surface area (Å²) in [7, 11) is 1.27. The van der Waals surface area contributed by atoms with Gasteiger partial charge < -0.3 is 40.8 Å². The van der Waals surface area contributed by atoms with Crippen LogP contribution >= 0.6 is 0 Å². The van der Waals surface area contributed by atoms with E-state index < -0.39 is 12.1 Å². The molecule has 4 heterocycles. The average Bonchev–Trinajstić information content (AvgIpc) is 3.49. The smallest absolute Gasteiger partial charge is 0.407 e. The van der Waals surface area contributed by atoms with Crippen molar-refractivity contribution in [3.63, 3.8) is 0 Å². The number of nitrogens with zero attached hydrogens (tertiary/aromatic N) is 5. The summed E-state index contributed by atoms with van der Waals surface area (Å²) in [6.07, 6.45) is 4.27. The van der Waals surface area contributed by atoms with E-state index >= 15 is 0 Å². The number of hydrogen-bond donors (Lipinski definition) is 4. The van der Waals surface area contributed by atoms with E-state index in [9.17, 15) is 19.2 Å². The van der Waals surface area contributed by atoms with Crippen LogP contribution in [0.3, 0.4) is 0 Å². The Bertz CT molecular complexity index is 2100. The number of amides is 4. The van der Waals surface area contributed by atoms with Gasteiger partial charge in [-0.25, -0.2) is 14.8 Å². The minimum absolute atomic E-state index is 0.122. The Labute approximate surface area is 333 Å². The predicted octanol–water partition coefficient (Wildman–Crippen LogP) is 5.46. The van der Waals surface area contributed by atoms with Crippen LogP contribution in [0, 0.1) is 17.3 Å². The number of benzene rings is 2. The highest BCUT2D eigenvalue weighted by Crippen LogP contribution is 2.52. The number of anilines is 2. The quantitative estimate of drug-likeness (QED) is 0.163. The second-order valence-electron chi connectivity index (χ2n) is 16.6. The van der Waals surface area contributed by atoms with E-state index in [4.69, 9.17) is 10.5 Å². The van der Waals surface area contributed by atoms with E-state index in [0.717, 1.165) is 41.2 Å². The Morgan fingerprint density at radius 3 is 2.18 bits per heavy atom. The molecular weight excluding hydrogens is 723 g/mol. The Morgan fingerprint density at radius 1 is 0.912 bits per heavy atom. The molecule has 5 atom stereocenters. The van der Waals surface area contributed by atoms with Crippen LogP contribution in [0.1, 0.15) is 69.7 Å². The number of nitrogens with two attached hydrogens (primary N) is 1. The molecular formula is C43H53N9O5. The van der Waals surface area contributed by atoms with Crippen molar-refractivity contribution < 1.29 is 23.9 Å². The van der Waals surface area contributed by atoms with Gasteiger partial charge in [-0.15, -0.1) is 0 Å². The molecule has 5 N–H and O–H groups in total. The second kappa shape index (κ2) is 16.0. The van der Waals surface area contributed by atoms with E-state index in [0.29, 0.717) is 43.1 Å². The van der Waals surface area contributed by atoms with Gasteiger partial charge in [-0.05, 0) is 72.1 Å². The number of alkyl carbamates (subject to hydrolysis) is 1. The maximum Gasteiger partial charge on any atom is 0.407 e. The third-order valence-corrected chi connectivity index (χ3v) is 11.6. The maximum absolute atomic E-state index is 13.6. The number of piperazine rings is 1. The third kappa shape index (κ3) is 8.51. The molecule has 7 rings (SSSR count). The molecule has 0 bridgehead atoms. The standard InChI is InChI=1S/C43H53N9O5/c1-25(2)37(49-42(56)57-6)41(55)52-24-31(44)19-35(52)38-46-22-34(48-38)29-11-7-27(8-12-29)28-9-13-30(14-10-28)39(53)47-32-15-16-36(45-21-32)51-18-17-50(23-26(51)3)40(54)33-20-43(33,4)5/h7-16,21-22,25-26,31,33,35,37H,17-20,23-24,44H2,1-6H3,(H,46,48)(H,47,53)(H,49,56)/t26-,31+,33?,35+,37+/m1/s1. The SMILES string of the molecule is COC(=O)N[C@H](C(=O)N1C[C@@H](N)C[C@H]1c1ncc(-c2ccc(-c3ccc(C(=O)Nc4ccc(N5CCN(C(=O)C6CC6(C)C)C[C@H]5C)nc4)cc3)cc2)[nH]1)C(C)C. The van der Waals surface area contributed by atoms with E-state index in [2.05, 4.69) is 51.3 Å². The molecule has 0 spiro atoms. The number of rotatable bonds is 10. The molecule has 2 aromatic heterocycles. The molecule has 14 heteroatoms. The molecule has 2 aliphatic heterocycles. The van der Waals surface area contributed by atoms with E-state index in [1.54, 1.807) is 29.4 Å². The average molecular weight is 776 g/mol. The van der Waals surface area contributed by atoms with Gasteiger partial charge in [-0.2, -0.15) is 0 Å². The largest absolute Gasteiger partial charge is 0.453 e. The minimum Gasteiger partial charge on any atom is -0.453 e. The van der Waals surface area contributed by atoms with Crippen LogP contribution in [0.5, 0.6) is 0 Å². The topological polar surface area (TPSA) is 179 Å². The summed E-state index contributed by atoms with van der Waals surface area (Å²) in [5.74, 6) is 1.26. The number of likely N-dealkylation sites (tertiary alicyclic amines) is 1. The molecule has 1 aliphatic carbocycles. The fraction of sp³-hybridized carbons (Fsp3) is 0.442. The summed E-state index contributed by atoms with van der Waals surface area (Å²) < 4.78 is 4.74. The number of aromatic amines is 1. The number of carbonyl (C=O) groups excluding carboxylic acids is 4. The Balaban J connectivity index is 0.939. The lowest BCUT2D eigenvalue weighted by atomic mass is 10.0. The van der Waals surface area contributed by atoms with Crippen molar-refractivity contribution in [3.8, 4) is 22.4 Å². The number of methoxy groups -OCH3 is 1. The molecule has 1 unspecified atom stereocenters. The molecule has 3 fully saturated rings. The van der Waals surface area contributed by atoms with Crippen molar-refractivity contribution in [2.24, 2.45) is 23.0 Å². The highest BCUT2D eigenvalue weighted by atomic mass is 16.5. The summed E-state index contributed by atoms with van der Waals surface area (Å²) in [5, 5.41) is 5.62. The van der Waals surface area contributed by atoms with Crippen LogP contribution < -0.4 is 21.3 Å². The van der Waals surface area contributed by atoms with Crippen molar-refractivity contribution in [1.82, 2.24) is 30.1 Å². The summed E-state index contributed by atoms with van der Waals surface area (Å²) in [5.41, 5.74) is 11.2. The number of pyridine rings is 1. The van der Waals surface area contributed by atoms with Crippen LogP contribution in [0.4, 0.5) is 16.3 Å². The zero-order valence-corrected chi connectivity index (χ0v) is 33.5. The minimum atomic E-state index is -0.757. The fourth-order valence-electron chi connectivity index (χ4n) is 8.00. The zero-order chi connectivity index (χ0) is 40.6. The highest BCUT2D eigenvalue weighted by Gasteiger charge is 2.52. The third-order valence-electron chi connectivity index (χ3n) is 11.6. The molecule has 0 radical (unpaired) electrons. The summed E-state index contributed by atoms with van der Waals surface area (Å²) >= 11 is 0. The lowest BCUT2D eigenvalue weighted by molar-refractivity contribution is -0.135. The number of imidazole rings is 1. The van der Waals surface area contributed by atoms with Crippen molar-refractivity contribution >= 4 is 35.3 Å². The van der Waals surface area contributed by atoms with Gasteiger partial charge in [0.05, 0.1) is 36.9 Å². The fourth-order valence-corrected chi connectivity index (χ4v) is 8.00. The van der Waals surface area contributed by atoms with Crippen LogP contribution in [0.2, 0.25) is 0 Å². The normalized spacial score (nSPS) is 21.9. The number of nitrogens with one attached hydrogen (secondary N) is 3. The first-order valence-electron chi connectivity index (χ1n) is 19.7. The Hall–Kier alpha value is -5.76. The monoisotopic (exact) mass is 775 g/mol. The van der Waals surface area contributed by atoms with Gasteiger partial charge in [0.1, 0.15) is 17.7 Å². The molecule has 300 valence electrons. The first kappa shape index (κ1) is 39.5. The molecule has 3 aliphatic rings. The van der Waals surface area contributed by atoms with Crippen LogP contribution in [0.15, 0.2) is 73.1 Å². The van der Waals surface area contributed by atoms with Gasteiger partial charge in [0, 0.05) is 49.7 Å². The zero-order valence-electron chi connectivity index (χ0n) is 33.5. The second-order valence-corrected chi connectivity index (χ2v) is 16.6. The van der Waals surface area contributed by atoms with E-state index in [1.165, 1.54) is 7.11 Å². The Kier molecular flexibility index (Phi) is 11.1. The van der Waals surface area contributed by atoms with Crippen LogP contribution in [-0.4, -0.2) is 100.0 Å². The van der Waals surface area contributed by atoms with Gasteiger partial charge in [0.2, 0.25) is 11.8 Å². The van der Waals surface area contributed by atoms with Gasteiger partial charge >= 0.3 is 6.09 Å². The lowest BCUT2D eigenvalue weighted by Gasteiger charge is -2.41. The van der Waals surface area contributed by atoms with Crippen LogP contribution in [-0.2, 0) is 14.3 Å². The molecule has 4 aromatic rings. The van der Waals surface area contributed by atoms with Crippen molar-refractivity contribution in [3.05, 3.63) is 84.4 Å². The Morgan fingerprint density at radius 2 is 1.58 bits per heavy atom. The molecule has 2 saturated heterocycles. The van der Waals surface area contributed by atoms with Gasteiger partial charge in [-0.3, -0.25) is 14.4 Å². The van der Waals surface area contributed by atoms with E-state index in [1.807, 2.05) is 67.3 Å². The maximum atomic E-state index is 13.6. The van der Waals surface area contributed by atoms with Crippen molar-refractivity contribution in [2.45, 2.75) is 71.6 Å².